The minimum atomic E-state index is 1.04. The van der Waals surface area contributed by atoms with Crippen LogP contribution < -0.4 is 4.90 Å². The first-order valence-electron chi connectivity index (χ1n) is 14.7. The Morgan fingerprint density at radius 3 is 2.16 bits per heavy atom. The van der Waals surface area contributed by atoms with Gasteiger partial charge in [-0.1, -0.05) is 109 Å². The lowest BCUT2D eigenvalue weighted by Crippen LogP contribution is -2.18. The van der Waals surface area contributed by atoms with Crippen LogP contribution in [0.25, 0.3) is 49.4 Å². The minimum Gasteiger partial charge on any atom is -0.309 e. The topological polar surface area (TPSA) is 8.17 Å². The molecule has 2 bridgehead atoms. The van der Waals surface area contributed by atoms with E-state index in [1.807, 2.05) is 0 Å². The van der Waals surface area contributed by atoms with Gasteiger partial charge in [0.25, 0.3) is 0 Å². The number of rotatable bonds is 3. The van der Waals surface area contributed by atoms with Crippen LogP contribution in [0.1, 0.15) is 11.1 Å². The first kappa shape index (κ1) is 23.8. The molecule has 2 heterocycles. The summed E-state index contributed by atoms with van der Waals surface area (Å²) in [6, 6.07) is 50.0. The van der Waals surface area contributed by atoms with E-state index in [4.69, 9.17) is 0 Å². The zero-order valence-corrected chi connectivity index (χ0v) is 23.4. The molecule has 9 rings (SSSR count). The molecule has 0 N–H and O–H groups in total. The Morgan fingerprint density at radius 1 is 0.512 bits per heavy atom. The van der Waals surface area contributed by atoms with E-state index in [1.165, 1.54) is 60.7 Å². The summed E-state index contributed by atoms with van der Waals surface area (Å²) in [7, 11) is 0. The van der Waals surface area contributed by atoms with Crippen LogP contribution in [0, 0.1) is 0 Å². The van der Waals surface area contributed by atoms with Gasteiger partial charge in [-0.2, -0.15) is 0 Å². The highest BCUT2D eigenvalue weighted by atomic mass is 15.2. The molecule has 0 spiro atoms. The van der Waals surface area contributed by atoms with E-state index in [0.29, 0.717) is 0 Å². The number of hydrogen-bond donors (Lipinski definition) is 0. The fraction of sp³-hybridized carbons (Fsp3) is 0. The Balaban J connectivity index is 1.21. The summed E-state index contributed by atoms with van der Waals surface area (Å²) < 4.78 is 2.36. The van der Waals surface area contributed by atoms with Gasteiger partial charge in [0, 0.05) is 33.0 Å². The highest BCUT2D eigenvalue weighted by Crippen LogP contribution is 2.44. The molecule has 0 saturated heterocycles. The SMILES string of the molecule is C1=C2C=C(c3ccc4c(c3)c3ccccc3n4-c3ccccc3)C=CC=1N(c1cccc3ccccc13)c1ccccc12. The van der Waals surface area contributed by atoms with Gasteiger partial charge in [-0.15, -0.1) is 0 Å². The Hall–Kier alpha value is -5.82. The molecule has 0 atom stereocenters. The summed E-state index contributed by atoms with van der Waals surface area (Å²) in [6.07, 6.45) is 6.76. The monoisotopic (exact) mass is 546 g/mol. The molecule has 0 amide bonds. The number of anilines is 2. The van der Waals surface area contributed by atoms with E-state index in [1.54, 1.807) is 0 Å². The summed E-state index contributed by atoms with van der Waals surface area (Å²) in [4.78, 5) is 2.35. The van der Waals surface area contributed by atoms with Crippen molar-refractivity contribution in [3.63, 3.8) is 0 Å². The van der Waals surface area contributed by atoms with E-state index in [9.17, 15) is 0 Å². The van der Waals surface area contributed by atoms with Crippen molar-refractivity contribution in [2.24, 2.45) is 0 Å². The molecule has 7 aromatic rings. The van der Waals surface area contributed by atoms with Gasteiger partial charge in [0.2, 0.25) is 0 Å². The summed E-state index contributed by atoms with van der Waals surface area (Å²) in [5.41, 5.74) is 15.4. The van der Waals surface area contributed by atoms with Crippen LogP contribution in [0.15, 0.2) is 169 Å². The normalized spacial score (nSPS) is 14.0. The quantitative estimate of drug-likeness (QED) is 0.200. The van der Waals surface area contributed by atoms with Crippen LogP contribution in [0.2, 0.25) is 0 Å². The smallest absolute Gasteiger partial charge is 0.0897 e. The molecule has 1 aliphatic carbocycles. The summed E-state index contributed by atoms with van der Waals surface area (Å²) in [5, 5.41) is 4.96. The van der Waals surface area contributed by atoms with Gasteiger partial charge >= 0.3 is 0 Å². The number of nitrogens with zero attached hydrogens (tertiary/aromatic N) is 2. The van der Waals surface area contributed by atoms with Crippen LogP contribution in [0.3, 0.4) is 0 Å². The van der Waals surface area contributed by atoms with Crippen molar-refractivity contribution in [1.82, 2.24) is 4.57 Å². The maximum absolute atomic E-state index is 3.77. The molecule has 0 fully saturated rings. The van der Waals surface area contributed by atoms with Gasteiger partial charge in [-0.25, -0.2) is 0 Å². The Kier molecular flexibility index (Phi) is 5.19. The van der Waals surface area contributed by atoms with Crippen molar-refractivity contribution in [2.75, 3.05) is 4.90 Å². The van der Waals surface area contributed by atoms with Gasteiger partial charge in [0.15, 0.2) is 0 Å². The lowest BCUT2D eigenvalue weighted by atomic mass is 9.96. The number of allylic oxidation sites excluding steroid dienone is 4. The minimum absolute atomic E-state index is 1.04. The van der Waals surface area contributed by atoms with E-state index >= 15 is 0 Å². The molecular weight excluding hydrogens is 520 g/mol. The number of para-hydroxylation sites is 3. The van der Waals surface area contributed by atoms with E-state index in [2.05, 4.69) is 173 Å². The molecular formula is C41H26N2. The summed E-state index contributed by atoms with van der Waals surface area (Å²) in [6.45, 7) is 0. The third-order valence-electron chi connectivity index (χ3n) is 8.69. The van der Waals surface area contributed by atoms with Gasteiger partial charge in [0.05, 0.1) is 28.1 Å². The van der Waals surface area contributed by atoms with E-state index < -0.39 is 0 Å². The van der Waals surface area contributed by atoms with Crippen molar-refractivity contribution in [2.45, 2.75) is 0 Å². The van der Waals surface area contributed by atoms with Crippen molar-refractivity contribution < 1.29 is 0 Å². The maximum atomic E-state index is 3.77. The Labute approximate surface area is 250 Å². The molecule has 1 aromatic heterocycles. The predicted octanol–water partition coefficient (Wildman–Crippen LogP) is 10.6. The van der Waals surface area contributed by atoms with E-state index in [-0.39, 0.29) is 0 Å². The van der Waals surface area contributed by atoms with Crippen molar-refractivity contribution >= 4 is 55.1 Å². The molecule has 43 heavy (non-hydrogen) atoms. The van der Waals surface area contributed by atoms with Crippen LogP contribution in [-0.2, 0) is 0 Å². The predicted molar refractivity (Wildman–Crippen MR) is 181 cm³/mol. The number of benzene rings is 6. The zero-order valence-electron chi connectivity index (χ0n) is 23.4. The standard InChI is InChI=1S/C41H26N2/c1-2-13-32(14-3-1)42-40-19-9-7-17-36(40)37-27-30(22-24-41(37)42)29-21-23-33-26-31(25-29)35-16-6-8-18-38(35)43(33)39-20-10-12-28-11-4-5-15-34(28)39/h1-25,27H. The maximum Gasteiger partial charge on any atom is 0.0897 e. The van der Waals surface area contributed by atoms with Crippen LogP contribution >= 0.6 is 0 Å². The van der Waals surface area contributed by atoms with Crippen molar-refractivity contribution in [3.05, 3.63) is 180 Å². The van der Waals surface area contributed by atoms with Gasteiger partial charge in [-0.05, 0) is 71.1 Å². The zero-order chi connectivity index (χ0) is 28.3. The molecule has 6 aromatic carbocycles. The summed E-state index contributed by atoms with van der Waals surface area (Å²) in [5.74, 6) is 0. The highest BCUT2D eigenvalue weighted by molar-refractivity contribution is 6.11. The molecule has 2 aliphatic rings. The van der Waals surface area contributed by atoms with Crippen LogP contribution in [0.5, 0.6) is 0 Å². The molecule has 2 heteroatoms. The Bertz CT molecular complexity index is 2370. The van der Waals surface area contributed by atoms with Crippen LogP contribution in [0.4, 0.5) is 11.4 Å². The molecule has 0 radical (unpaired) electrons. The number of hydrogen-bond acceptors (Lipinski definition) is 1. The van der Waals surface area contributed by atoms with Crippen LogP contribution in [-0.4, -0.2) is 4.57 Å². The second kappa shape index (κ2) is 9.36. The average molecular weight is 547 g/mol. The van der Waals surface area contributed by atoms with Gasteiger partial charge in [-0.3, -0.25) is 0 Å². The molecule has 2 nitrogen and oxygen atoms in total. The second-order valence-corrected chi connectivity index (χ2v) is 11.1. The lowest BCUT2D eigenvalue weighted by molar-refractivity contribution is 1.18. The first-order valence-corrected chi connectivity index (χ1v) is 14.7. The second-order valence-electron chi connectivity index (χ2n) is 11.1. The third-order valence-corrected chi connectivity index (χ3v) is 8.69. The van der Waals surface area contributed by atoms with Crippen molar-refractivity contribution in [3.8, 4) is 5.69 Å². The largest absolute Gasteiger partial charge is 0.309 e. The lowest BCUT2D eigenvalue weighted by Gasteiger charge is -2.30. The fourth-order valence-corrected chi connectivity index (χ4v) is 6.74. The highest BCUT2D eigenvalue weighted by Gasteiger charge is 2.25. The number of aromatic nitrogens is 1. The molecule has 0 unspecified atom stereocenters. The fourth-order valence-electron chi connectivity index (χ4n) is 6.74. The first-order chi connectivity index (χ1) is 21.3. The van der Waals surface area contributed by atoms with Gasteiger partial charge in [0.1, 0.15) is 0 Å². The molecule has 1 aliphatic heterocycles. The molecule has 0 saturated carbocycles. The van der Waals surface area contributed by atoms with E-state index in [0.717, 1.165) is 17.0 Å². The summed E-state index contributed by atoms with van der Waals surface area (Å²) >= 11 is 0. The number of fused-ring (bicyclic) bond motifs is 6. The molecule has 200 valence electrons. The Morgan fingerprint density at radius 2 is 1.23 bits per heavy atom. The average Bonchev–Trinajstić information content (AvgIpc) is 3.28. The van der Waals surface area contributed by atoms with Crippen molar-refractivity contribution in [1.29, 1.82) is 0 Å². The van der Waals surface area contributed by atoms with Gasteiger partial charge < -0.3 is 9.47 Å². The third kappa shape index (κ3) is 3.68.